The molecule has 0 spiro atoms. The molecule has 5 nitrogen and oxygen atoms in total. The number of nitrogens with one attached hydrogen (secondary N) is 1. The Morgan fingerprint density at radius 3 is 3.23 bits per heavy atom. The molecule has 1 N–H and O–H groups in total. The number of carbonyl (C=O) groups is 1. The topological polar surface area (TPSA) is 58.4 Å². The average Bonchev–Trinajstić information content (AvgIpc) is 3.09. The molecule has 3 atom stereocenters. The first-order valence-corrected chi connectivity index (χ1v) is 7.60. The van der Waals surface area contributed by atoms with Crippen molar-refractivity contribution in [1.82, 2.24) is 15.2 Å². The molecule has 112 valence electrons. The molecule has 1 unspecified atom stereocenters. The van der Waals surface area contributed by atoms with Crippen LogP contribution in [0.4, 0.5) is 0 Å². The van der Waals surface area contributed by atoms with Crippen LogP contribution in [0.2, 0.25) is 0 Å². The molecule has 2 aromatic heterocycles. The van der Waals surface area contributed by atoms with Crippen LogP contribution in [0.15, 0.2) is 22.9 Å². The predicted octanol–water partition coefficient (Wildman–Crippen LogP) is 1.63. The molecule has 0 radical (unpaired) electrons. The van der Waals surface area contributed by atoms with Crippen molar-refractivity contribution in [3.8, 4) is 12.3 Å². The number of carbonyl (C=O) groups excluding carboxylic acids is 1. The predicted molar refractivity (Wildman–Crippen MR) is 82.4 cm³/mol. The lowest BCUT2D eigenvalue weighted by Gasteiger charge is -2.30. The molecule has 2 aliphatic heterocycles. The fourth-order valence-electron chi connectivity index (χ4n) is 3.58. The van der Waals surface area contributed by atoms with Gasteiger partial charge in [0.25, 0.3) is 5.91 Å². The summed E-state index contributed by atoms with van der Waals surface area (Å²) < 4.78 is 5.39. The van der Waals surface area contributed by atoms with E-state index in [-0.39, 0.29) is 11.9 Å². The van der Waals surface area contributed by atoms with E-state index >= 15 is 0 Å². The van der Waals surface area contributed by atoms with Crippen molar-refractivity contribution in [2.45, 2.75) is 18.9 Å². The maximum Gasteiger partial charge on any atom is 0.270 e. The summed E-state index contributed by atoms with van der Waals surface area (Å²) in [5.41, 5.74) is 1.63. The molecule has 0 saturated carbocycles. The lowest BCUT2D eigenvalue weighted by Crippen LogP contribution is -2.47. The SMILES string of the molecule is C#Cc1coc2cc(C(=O)N[C@@H]3C[C@@H]4CCN(C4)C3)ncc12. The van der Waals surface area contributed by atoms with Crippen molar-refractivity contribution >= 4 is 16.9 Å². The molecule has 2 bridgehead atoms. The molecule has 22 heavy (non-hydrogen) atoms. The normalized spacial score (nSPS) is 26.8. The molecule has 5 heteroatoms. The number of terminal acetylenes is 1. The van der Waals surface area contributed by atoms with Gasteiger partial charge in [-0.05, 0) is 25.3 Å². The van der Waals surface area contributed by atoms with E-state index in [0.717, 1.165) is 30.8 Å². The Bertz CT molecular complexity index is 762. The van der Waals surface area contributed by atoms with E-state index in [1.54, 1.807) is 12.3 Å². The van der Waals surface area contributed by atoms with Crippen molar-refractivity contribution in [2.75, 3.05) is 19.6 Å². The minimum Gasteiger partial charge on any atom is -0.463 e. The molecule has 1 amide bonds. The van der Waals surface area contributed by atoms with Gasteiger partial charge in [0.1, 0.15) is 17.5 Å². The summed E-state index contributed by atoms with van der Waals surface area (Å²) >= 11 is 0. The monoisotopic (exact) mass is 295 g/mol. The first kappa shape index (κ1) is 13.4. The van der Waals surface area contributed by atoms with Crippen molar-refractivity contribution in [3.63, 3.8) is 0 Å². The molecule has 2 aromatic rings. The van der Waals surface area contributed by atoms with Crippen LogP contribution in [0.25, 0.3) is 11.0 Å². The zero-order chi connectivity index (χ0) is 15.1. The van der Waals surface area contributed by atoms with Crippen LogP contribution in [-0.2, 0) is 0 Å². The highest BCUT2D eigenvalue weighted by molar-refractivity contribution is 5.96. The summed E-state index contributed by atoms with van der Waals surface area (Å²) in [6.45, 7) is 3.27. The lowest BCUT2D eigenvalue weighted by molar-refractivity contribution is 0.0904. The van der Waals surface area contributed by atoms with E-state index in [1.165, 1.54) is 19.2 Å². The van der Waals surface area contributed by atoms with Gasteiger partial charge in [-0.2, -0.15) is 0 Å². The number of hydrogen-bond donors (Lipinski definition) is 1. The van der Waals surface area contributed by atoms with Crippen LogP contribution < -0.4 is 5.32 Å². The van der Waals surface area contributed by atoms with Gasteiger partial charge in [0.15, 0.2) is 0 Å². The number of furan rings is 1. The quantitative estimate of drug-likeness (QED) is 0.856. The Balaban J connectivity index is 1.52. The molecule has 4 rings (SSSR count). The van der Waals surface area contributed by atoms with Gasteiger partial charge in [-0.15, -0.1) is 6.42 Å². The molecule has 2 fully saturated rings. The summed E-state index contributed by atoms with van der Waals surface area (Å²) in [5, 5.41) is 3.86. The smallest absolute Gasteiger partial charge is 0.270 e. The standard InChI is InChI=1S/C17H17N3O2/c1-2-12-10-22-16-6-15(18-7-14(12)16)17(21)19-13-5-11-3-4-20(8-11)9-13/h1,6-7,10-11,13H,3-5,8-9H2,(H,19,21)/t11-,13+/m0/s1. The second-order valence-corrected chi connectivity index (χ2v) is 6.18. The summed E-state index contributed by atoms with van der Waals surface area (Å²) in [6.07, 6.45) is 10.8. The number of piperidine rings is 1. The fourth-order valence-corrected chi connectivity index (χ4v) is 3.58. The summed E-state index contributed by atoms with van der Waals surface area (Å²) in [4.78, 5) is 19.0. The Morgan fingerprint density at radius 1 is 1.50 bits per heavy atom. The number of aromatic nitrogens is 1. The molecule has 0 aliphatic carbocycles. The maximum atomic E-state index is 12.4. The molecule has 2 aliphatic rings. The number of amides is 1. The van der Waals surface area contributed by atoms with Crippen LogP contribution in [0.3, 0.4) is 0 Å². The summed E-state index contributed by atoms with van der Waals surface area (Å²) in [5.74, 6) is 3.12. The van der Waals surface area contributed by atoms with Gasteiger partial charge in [-0.25, -0.2) is 0 Å². The lowest BCUT2D eigenvalue weighted by atomic mass is 9.97. The van der Waals surface area contributed by atoms with Crippen LogP contribution in [0.1, 0.15) is 28.9 Å². The highest BCUT2D eigenvalue weighted by atomic mass is 16.3. The molecule has 4 heterocycles. The number of nitrogens with zero attached hydrogens (tertiary/aromatic N) is 2. The largest absolute Gasteiger partial charge is 0.463 e. The average molecular weight is 295 g/mol. The first-order valence-electron chi connectivity index (χ1n) is 7.60. The van der Waals surface area contributed by atoms with E-state index in [4.69, 9.17) is 10.8 Å². The maximum absolute atomic E-state index is 12.4. The van der Waals surface area contributed by atoms with Crippen molar-refractivity contribution in [1.29, 1.82) is 0 Å². The van der Waals surface area contributed by atoms with Gasteiger partial charge in [0.2, 0.25) is 0 Å². The van der Waals surface area contributed by atoms with Gasteiger partial charge in [-0.3, -0.25) is 9.78 Å². The van der Waals surface area contributed by atoms with Gasteiger partial charge in [0.05, 0.1) is 10.9 Å². The third kappa shape index (κ3) is 2.26. The fraction of sp³-hybridized carbons (Fsp3) is 0.412. The van der Waals surface area contributed by atoms with Gasteiger partial charge >= 0.3 is 0 Å². The highest BCUT2D eigenvalue weighted by Crippen LogP contribution is 2.27. The van der Waals surface area contributed by atoms with Gasteiger partial charge < -0.3 is 14.6 Å². The highest BCUT2D eigenvalue weighted by Gasteiger charge is 2.33. The van der Waals surface area contributed by atoms with E-state index in [0.29, 0.717) is 16.8 Å². The van der Waals surface area contributed by atoms with E-state index < -0.39 is 0 Å². The second-order valence-electron chi connectivity index (χ2n) is 6.18. The van der Waals surface area contributed by atoms with Gasteiger partial charge in [-0.1, -0.05) is 5.92 Å². The molecule has 0 aromatic carbocycles. The summed E-state index contributed by atoms with van der Waals surface area (Å²) in [6, 6.07) is 1.87. The van der Waals surface area contributed by atoms with Crippen LogP contribution in [0.5, 0.6) is 0 Å². The van der Waals surface area contributed by atoms with Crippen molar-refractivity contribution < 1.29 is 9.21 Å². The Hall–Kier alpha value is -2.32. The van der Waals surface area contributed by atoms with Crippen LogP contribution >= 0.6 is 0 Å². The van der Waals surface area contributed by atoms with Crippen LogP contribution in [-0.4, -0.2) is 41.5 Å². The zero-order valence-electron chi connectivity index (χ0n) is 12.2. The van der Waals surface area contributed by atoms with Gasteiger partial charge in [0, 0.05) is 31.4 Å². The van der Waals surface area contributed by atoms with E-state index in [1.807, 2.05) is 0 Å². The van der Waals surface area contributed by atoms with E-state index in [9.17, 15) is 4.79 Å². The summed E-state index contributed by atoms with van der Waals surface area (Å²) in [7, 11) is 0. The number of pyridine rings is 1. The van der Waals surface area contributed by atoms with Crippen molar-refractivity contribution in [3.05, 3.63) is 29.8 Å². The second kappa shape index (κ2) is 5.15. The molecule has 2 saturated heterocycles. The molecular weight excluding hydrogens is 278 g/mol. The third-order valence-corrected chi connectivity index (χ3v) is 4.65. The Morgan fingerprint density at radius 2 is 2.41 bits per heavy atom. The minimum atomic E-state index is -0.145. The molecular formula is C17H17N3O2. The minimum absolute atomic E-state index is 0.145. The van der Waals surface area contributed by atoms with Crippen LogP contribution in [0, 0.1) is 18.3 Å². The first-order chi connectivity index (χ1) is 10.7. The Labute approximate surface area is 128 Å². The number of rotatable bonds is 2. The van der Waals surface area contributed by atoms with E-state index in [2.05, 4.69) is 21.1 Å². The number of fused-ring (bicyclic) bond motifs is 3. The third-order valence-electron chi connectivity index (χ3n) is 4.65. The Kier molecular flexibility index (Phi) is 3.12. The van der Waals surface area contributed by atoms with Crippen molar-refractivity contribution in [2.24, 2.45) is 5.92 Å². The number of hydrogen-bond acceptors (Lipinski definition) is 4. The zero-order valence-corrected chi connectivity index (χ0v) is 12.2.